The molecule has 1 heterocycles. The van der Waals surface area contributed by atoms with E-state index in [-0.39, 0.29) is 77.3 Å². The van der Waals surface area contributed by atoms with E-state index in [0.29, 0.717) is 13.0 Å². The summed E-state index contributed by atoms with van der Waals surface area (Å²) in [5.74, 6) is -1.55. The molecule has 0 aromatic rings. The van der Waals surface area contributed by atoms with Crippen LogP contribution in [0.1, 0.15) is 53.4 Å². The van der Waals surface area contributed by atoms with Crippen LogP contribution in [-0.4, -0.2) is 99.9 Å². The molecular weight excluding hydrogens is 518 g/mol. The first-order valence-electron chi connectivity index (χ1n) is 14.9. The van der Waals surface area contributed by atoms with Crippen LogP contribution in [0.25, 0.3) is 0 Å². The standard InChI is InChI=1S/C30H45NO9/c1-8-31-13-28(14-35-5)10-9-21(38-15(2)32)30-19-11-18-20(36-6)12-29(40-17(4)34,22(19)24(18)39-16(3)33)23(27(30)31)25(37-7)26(28)30/h18-27H,8-14H2,1-7H3/t18-,19?,20+,21+,22?,23+,24+,25+,26-,27?,28+,29-,30+/m1/s1. The van der Waals surface area contributed by atoms with Crippen molar-refractivity contribution in [1.29, 1.82) is 0 Å². The Balaban J connectivity index is 1.67. The Bertz CT molecular complexity index is 1070. The number of fused-ring (bicyclic) bond motifs is 2. The van der Waals surface area contributed by atoms with Gasteiger partial charge in [0.15, 0.2) is 0 Å². The van der Waals surface area contributed by atoms with E-state index in [1.54, 1.807) is 21.3 Å². The molecule has 0 amide bonds. The maximum Gasteiger partial charge on any atom is 0.303 e. The molecule has 10 heteroatoms. The van der Waals surface area contributed by atoms with Crippen molar-refractivity contribution < 1.29 is 42.8 Å². The topological polar surface area (TPSA) is 110 Å². The highest BCUT2D eigenvalue weighted by molar-refractivity contribution is 5.68. The second kappa shape index (κ2) is 9.64. The van der Waals surface area contributed by atoms with Gasteiger partial charge in [-0.15, -0.1) is 0 Å². The summed E-state index contributed by atoms with van der Waals surface area (Å²) < 4.78 is 37.6. The number of ether oxygens (including phenoxy) is 6. The molecule has 6 rings (SSSR count). The maximum absolute atomic E-state index is 13.0. The molecule has 6 aliphatic rings. The molecule has 40 heavy (non-hydrogen) atoms. The Morgan fingerprint density at radius 3 is 2.23 bits per heavy atom. The van der Waals surface area contributed by atoms with Crippen LogP contribution < -0.4 is 0 Å². The predicted octanol–water partition coefficient (Wildman–Crippen LogP) is 2.21. The van der Waals surface area contributed by atoms with E-state index in [1.807, 2.05) is 0 Å². The molecule has 10 nitrogen and oxygen atoms in total. The minimum Gasteiger partial charge on any atom is -0.462 e. The van der Waals surface area contributed by atoms with E-state index >= 15 is 0 Å². The fourth-order valence-corrected chi connectivity index (χ4v) is 11.7. The first-order valence-corrected chi connectivity index (χ1v) is 14.9. The first kappa shape index (κ1) is 28.4. The van der Waals surface area contributed by atoms with Crippen molar-refractivity contribution in [3.05, 3.63) is 0 Å². The lowest BCUT2D eigenvalue weighted by Crippen LogP contribution is -2.77. The van der Waals surface area contributed by atoms with Gasteiger partial charge in [0.25, 0.3) is 0 Å². The summed E-state index contributed by atoms with van der Waals surface area (Å²) in [5.41, 5.74) is -1.67. The van der Waals surface area contributed by atoms with Crippen molar-refractivity contribution in [2.24, 2.45) is 40.4 Å². The Hall–Kier alpha value is -1.75. The molecule has 6 fully saturated rings. The Morgan fingerprint density at radius 2 is 1.65 bits per heavy atom. The van der Waals surface area contributed by atoms with Crippen molar-refractivity contribution in [3.63, 3.8) is 0 Å². The highest BCUT2D eigenvalue weighted by Crippen LogP contribution is 2.80. The van der Waals surface area contributed by atoms with E-state index in [1.165, 1.54) is 20.8 Å². The molecule has 1 saturated heterocycles. The van der Waals surface area contributed by atoms with Gasteiger partial charge in [-0.3, -0.25) is 19.3 Å². The van der Waals surface area contributed by atoms with Crippen LogP contribution >= 0.6 is 0 Å². The monoisotopic (exact) mass is 563 g/mol. The highest BCUT2D eigenvalue weighted by atomic mass is 16.6. The Labute approximate surface area is 236 Å². The number of methoxy groups -OCH3 is 3. The van der Waals surface area contributed by atoms with Gasteiger partial charge in [0.05, 0.1) is 18.8 Å². The SMILES string of the molecule is CCN1C[C@]2(COC)CC[C@H](OC(C)=O)[C@]34C5C[C@@H]6[C@@H](OC)C[C@@](OC(C)=O)(C5[C@H]6OC(C)=O)[C@H](C13)[C@H](OC)[C@H]24. The third kappa shape index (κ3) is 3.39. The van der Waals surface area contributed by atoms with Gasteiger partial charge in [-0.05, 0) is 31.7 Å². The van der Waals surface area contributed by atoms with Crippen molar-refractivity contribution in [1.82, 2.24) is 4.90 Å². The fraction of sp³-hybridized carbons (Fsp3) is 0.900. The molecule has 13 atom stereocenters. The van der Waals surface area contributed by atoms with Gasteiger partial charge in [-0.25, -0.2) is 0 Å². The predicted molar refractivity (Wildman–Crippen MR) is 141 cm³/mol. The molecule has 7 bridgehead atoms. The molecular formula is C30H45NO9. The summed E-state index contributed by atoms with van der Waals surface area (Å²) in [6.45, 7) is 8.77. The number of hydrogen-bond donors (Lipinski definition) is 0. The number of nitrogens with zero attached hydrogens (tertiary/aromatic N) is 1. The van der Waals surface area contributed by atoms with Gasteiger partial charge in [0.1, 0.15) is 17.8 Å². The van der Waals surface area contributed by atoms with E-state index in [2.05, 4.69) is 11.8 Å². The Morgan fingerprint density at radius 1 is 0.925 bits per heavy atom. The van der Waals surface area contributed by atoms with Crippen LogP contribution in [0.5, 0.6) is 0 Å². The van der Waals surface area contributed by atoms with E-state index in [9.17, 15) is 14.4 Å². The number of piperidine rings is 1. The van der Waals surface area contributed by atoms with E-state index < -0.39 is 17.1 Å². The van der Waals surface area contributed by atoms with Crippen LogP contribution in [0.2, 0.25) is 0 Å². The highest BCUT2D eigenvalue weighted by Gasteiger charge is 2.88. The number of hydrogen-bond acceptors (Lipinski definition) is 10. The lowest BCUT2D eigenvalue weighted by molar-refractivity contribution is -0.280. The van der Waals surface area contributed by atoms with Crippen molar-refractivity contribution >= 4 is 17.9 Å². The van der Waals surface area contributed by atoms with Crippen LogP contribution in [0.4, 0.5) is 0 Å². The average molecular weight is 564 g/mol. The fourth-order valence-electron chi connectivity index (χ4n) is 11.7. The van der Waals surface area contributed by atoms with Gasteiger partial charge in [-0.2, -0.15) is 0 Å². The summed E-state index contributed by atoms with van der Waals surface area (Å²) in [6, 6.07) is -0.0463. The molecule has 1 spiro atoms. The molecule has 0 aromatic carbocycles. The number of likely N-dealkylation sites (tertiary alicyclic amines) is 1. The molecule has 224 valence electrons. The number of carbonyl (C=O) groups is 3. The van der Waals surface area contributed by atoms with Gasteiger partial charge in [0.2, 0.25) is 0 Å². The summed E-state index contributed by atoms with van der Waals surface area (Å²) in [5, 5.41) is 0. The van der Waals surface area contributed by atoms with Crippen molar-refractivity contribution in [2.45, 2.75) is 89.4 Å². The third-order valence-corrected chi connectivity index (χ3v) is 12.0. The van der Waals surface area contributed by atoms with Crippen LogP contribution in [0.15, 0.2) is 0 Å². The van der Waals surface area contributed by atoms with Crippen molar-refractivity contribution in [2.75, 3.05) is 41.0 Å². The third-order valence-electron chi connectivity index (χ3n) is 12.0. The van der Waals surface area contributed by atoms with Gasteiger partial charge >= 0.3 is 17.9 Å². The van der Waals surface area contributed by atoms with Gasteiger partial charge in [-0.1, -0.05) is 6.92 Å². The van der Waals surface area contributed by atoms with Crippen LogP contribution in [0.3, 0.4) is 0 Å². The quantitative estimate of drug-likeness (QED) is 0.322. The number of rotatable bonds is 8. The zero-order valence-corrected chi connectivity index (χ0v) is 24.8. The molecule has 5 aliphatic carbocycles. The molecule has 3 unspecified atom stereocenters. The van der Waals surface area contributed by atoms with Crippen molar-refractivity contribution in [3.8, 4) is 0 Å². The molecule has 0 aromatic heterocycles. The first-order chi connectivity index (χ1) is 19.1. The molecule has 0 radical (unpaired) electrons. The maximum atomic E-state index is 13.0. The summed E-state index contributed by atoms with van der Waals surface area (Å²) >= 11 is 0. The second-order valence-corrected chi connectivity index (χ2v) is 13.3. The van der Waals surface area contributed by atoms with E-state index in [0.717, 1.165) is 32.4 Å². The van der Waals surface area contributed by atoms with Gasteiger partial charge in [0, 0.05) is 95.6 Å². The lowest BCUT2D eigenvalue weighted by Gasteiger charge is -2.69. The van der Waals surface area contributed by atoms with Crippen LogP contribution in [-0.2, 0) is 42.8 Å². The normalized spacial score (nSPS) is 49.9. The van der Waals surface area contributed by atoms with E-state index in [4.69, 9.17) is 28.4 Å². The minimum atomic E-state index is -0.963. The smallest absolute Gasteiger partial charge is 0.303 e. The lowest BCUT2D eigenvalue weighted by atomic mass is 9.43. The Kier molecular flexibility index (Phi) is 6.84. The second-order valence-electron chi connectivity index (χ2n) is 13.3. The summed E-state index contributed by atoms with van der Waals surface area (Å²) in [4.78, 5) is 40.7. The average Bonchev–Trinajstić information content (AvgIpc) is 3.30. The van der Waals surface area contributed by atoms with Crippen LogP contribution in [0, 0.1) is 40.4 Å². The summed E-state index contributed by atoms with van der Waals surface area (Å²) in [6.07, 6.45) is 1.50. The number of carbonyl (C=O) groups excluding carboxylic acids is 3. The zero-order valence-electron chi connectivity index (χ0n) is 24.8. The molecule has 0 N–H and O–H groups in total. The molecule has 5 saturated carbocycles. The largest absolute Gasteiger partial charge is 0.462 e. The summed E-state index contributed by atoms with van der Waals surface area (Å²) in [7, 11) is 5.20. The number of esters is 3. The van der Waals surface area contributed by atoms with Gasteiger partial charge < -0.3 is 28.4 Å². The zero-order chi connectivity index (χ0) is 28.8. The minimum absolute atomic E-state index is 0.0154. The molecule has 1 aliphatic heterocycles.